The highest BCUT2D eigenvalue weighted by molar-refractivity contribution is 7.99. The smallest absolute Gasteiger partial charge is 0.124 e. The van der Waals surface area contributed by atoms with Gasteiger partial charge in [0.05, 0.1) is 0 Å². The van der Waals surface area contributed by atoms with E-state index in [4.69, 9.17) is 0 Å². The largest absolute Gasteiger partial charge is 0.207 e. The number of benzene rings is 1. The number of halogens is 1. The van der Waals surface area contributed by atoms with Crippen molar-refractivity contribution in [3.05, 3.63) is 37.0 Å². The maximum Gasteiger partial charge on any atom is 0.124 e. The average molecular weight is 169 g/mol. The molecule has 0 atom stereocenters. The summed E-state index contributed by atoms with van der Waals surface area (Å²) in [5.41, 5.74) is 0. The molecule has 59 valence electrons. The van der Waals surface area contributed by atoms with Crippen molar-refractivity contribution in [3.8, 4) is 0 Å². The second-order valence-corrected chi connectivity index (χ2v) is 3.33. The van der Waals surface area contributed by atoms with E-state index in [0.717, 1.165) is 17.1 Å². The van der Waals surface area contributed by atoms with Crippen LogP contribution in [0.2, 0.25) is 0 Å². The van der Waals surface area contributed by atoms with Crippen molar-refractivity contribution in [2.45, 2.75) is 11.3 Å². The van der Waals surface area contributed by atoms with Gasteiger partial charge in [0.2, 0.25) is 0 Å². The predicted molar refractivity (Wildman–Crippen MR) is 47.1 cm³/mol. The highest BCUT2D eigenvalue weighted by Gasteiger charge is 1.93. The standard InChI is InChI=1S/C9H10FS/c1-2-6-11-9-5-3-4-8(10)7-9/h3-5,7H,1-2,6H2. The average Bonchev–Trinajstić information content (AvgIpc) is 2.01. The molecule has 0 heterocycles. The minimum absolute atomic E-state index is 0.168. The van der Waals surface area contributed by atoms with Gasteiger partial charge in [-0.15, -0.1) is 11.8 Å². The molecular weight excluding hydrogens is 159 g/mol. The van der Waals surface area contributed by atoms with Gasteiger partial charge in [-0.05, 0) is 30.4 Å². The van der Waals surface area contributed by atoms with Gasteiger partial charge in [-0.1, -0.05) is 13.0 Å². The zero-order chi connectivity index (χ0) is 8.10. The van der Waals surface area contributed by atoms with Crippen molar-refractivity contribution in [3.63, 3.8) is 0 Å². The number of hydrogen-bond donors (Lipinski definition) is 0. The van der Waals surface area contributed by atoms with Crippen LogP contribution >= 0.6 is 11.8 Å². The van der Waals surface area contributed by atoms with Crippen molar-refractivity contribution < 1.29 is 4.39 Å². The molecule has 1 rings (SSSR count). The molecule has 11 heavy (non-hydrogen) atoms. The lowest BCUT2D eigenvalue weighted by atomic mass is 10.4. The lowest BCUT2D eigenvalue weighted by Crippen LogP contribution is -1.77. The summed E-state index contributed by atoms with van der Waals surface area (Å²) in [4.78, 5) is 0.980. The van der Waals surface area contributed by atoms with E-state index >= 15 is 0 Å². The number of rotatable bonds is 3. The lowest BCUT2D eigenvalue weighted by molar-refractivity contribution is 0.624. The van der Waals surface area contributed by atoms with E-state index in [1.807, 2.05) is 6.07 Å². The highest BCUT2D eigenvalue weighted by Crippen LogP contribution is 2.18. The fraction of sp³-hybridized carbons (Fsp3) is 0.222. The van der Waals surface area contributed by atoms with Crippen LogP contribution in [-0.4, -0.2) is 5.75 Å². The quantitative estimate of drug-likeness (QED) is 0.626. The Bertz CT molecular complexity index is 223. The first-order chi connectivity index (χ1) is 5.33. The molecule has 0 aliphatic rings. The SMILES string of the molecule is [CH2]CCSc1cccc(F)c1. The summed E-state index contributed by atoms with van der Waals surface area (Å²) < 4.78 is 12.6. The number of thioether (sulfide) groups is 1. The van der Waals surface area contributed by atoms with Crippen molar-refractivity contribution in [1.29, 1.82) is 0 Å². The second-order valence-electron chi connectivity index (χ2n) is 2.16. The van der Waals surface area contributed by atoms with E-state index in [2.05, 4.69) is 6.92 Å². The molecule has 1 aromatic rings. The van der Waals surface area contributed by atoms with Gasteiger partial charge in [-0.3, -0.25) is 0 Å². The molecule has 0 N–H and O–H groups in total. The molecule has 0 unspecified atom stereocenters. The lowest BCUT2D eigenvalue weighted by Gasteiger charge is -1.97. The molecule has 0 spiro atoms. The Morgan fingerprint density at radius 1 is 1.45 bits per heavy atom. The van der Waals surface area contributed by atoms with E-state index in [-0.39, 0.29) is 5.82 Å². The van der Waals surface area contributed by atoms with Gasteiger partial charge in [0.1, 0.15) is 5.82 Å². The Labute approximate surface area is 70.8 Å². The Balaban J connectivity index is 2.56. The van der Waals surface area contributed by atoms with E-state index in [0.29, 0.717) is 0 Å². The van der Waals surface area contributed by atoms with Crippen molar-refractivity contribution in [2.75, 3.05) is 5.75 Å². The zero-order valence-electron chi connectivity index (χ0n) is 6.22. The van der Waals surface area contributed by atoms with E-state index in [1.165, 1.54) is 6.07 Å². The van der Waals surface area contributed by atoms with Crippen LogP contribution in [0.3, 0.4) is 0 Å². The van der Waals surface area contributed by atoms with Crippen LogP contribution in [0.4, 0.5) is 4.39 Å². The summed E-state index contributed by atoms with van der Waals surface area (Å²) in [6.45, 7) is 3.71. The molecule has 0 aromatic heterocycles. The van der Waals surface area contributed by atoms with Crippen LogP contribution in [0.1, 0.15) is 6.42 Å². The topological polar surface area (TPSA) is 0 Å². The molecule has 0 saturated carbocycles. The molecule has 1 aromatic carbocycles. The van der Waals surface area contributed by atoms with Gasteiger partial charge >= 0.3 is 0 Å². The molecular formula is C9H10FS. The van der Waals surface area contributed by atoms with Gasteiger partial charge in [0, 0.05) is 4.90 Å². The minimum atomic E-state index is -0.168. The third kappa shape index (κ3) is 2.93. The first-order valence-corrected chi connectivity index (χ1v) is 4.49. The second kappa shape index (κ2) is 4.39. The molecule has 0 bridgehead atoms. The molecule has 0 saturated heterocycles. The first-order valence-electron chi connectivity index (χ1n) is 3.50. The van der Waals surface area contributed by atoms with Crippen LogP contribution < -0.4 is 0 Å². The van der Waals surface area contributed by atoms with E-state index < -0.39 is 0 Å². The fourth-order valence-electron chi connectivity index (χ4n) is 0.747. The normalized spacial score (nSPS) is 10.0. The third-order valence-electron chi connectivity index (χ3n) is 1.21. The van der Waals surface area contributed by atoms with Gasteiger partial charge in [0.15, 0.2) is 0 Å². The summed E-state index contributed by atoms with van der Waals surface area (Å²) in [6, 6.07) is 6.62. The first kappa shape index (κ1) is 8.60. The molecule has 0 amide bonds. The Hall–Kier alpha value is -0.500. The van der Waals surface area contributed by atoms with Crippen LogP contribution in [0.5, 0.6) is 0 Å². The molecule has 0 aliphatic carbocycles. The zero-order valence-corrected chi connectivity index (χ0v) is 7.03. The van der Waals surface area contributed by atoms with E-state index in [1.54, 1.807) is 23.9 Å². The summed E-state index contributed by atoms with van der Waals surface area (Å²) in [5.74, 6) is 0.780. The maximum atomic E-state index is 12.6. The summed E-state index contributed by atoms with van der Waals surface area (Å²) in [6.07, 6.45) is 0.876. The summed E-state index contributed by atoms with van der Waals surface area (Å²) in [7, 11) is 0. The van der Waals surface area contributed by atoms with Crippen molar-refractivity contribution in [2.24, 2.45) is 0 Å². The predicted octanol–water partition coefficient (Wildman–Crippen LogP) is 3.14. The molecule has 0 aliphatic heterocycles. The molecule has 0 fully saturated rings. The van der Waals surface area contributed by atoms with Gasteiger partial charge in [-0.2, -0.15) is 0 Å². The Morgan fingerprint density at radius 2 is 2.27 bits per heavy atom. The third-order valence-corrected chi connectivity index (χ3v) is 2.29. The summed E-state index contributed by atoms with van der Waals surface area (Å²) >= 11 is 1.63. The number of hydrogen-bond acceptors (Lipinski definition) is 1. The molecule has 2 heteroatoms. The maximum absolute atomic E-state index is 12.6. The fourth-order valence-corrected chi connectivity index (χ4v) is 1.50. The van der Waals surface area contributed by atoms with Gasteiger partial charge in [0.25, 0.3) is 0 Å². The van der Waals surface area contributed by atoms with Crippen LogP contribution in [0.25, 0.3) is 0 Å². The molecule has 1 radical (unpaired) electrons. The van der Waals surface area contributed by atoms with Gasteiger partial charge < -0.3 is 0 Å². The Kier molecular flexibility index (Phi) is 3.43. The Morgan fingerprint density at radius 3 is 2.91 bits per heavy atom. The summed E-state index contributed by atoms with van der Waals surface area (Å²) in [5, 5.41) is 0. The minimum Gasteiger partial charge on any atom is -0.207 e. The highest BCUT2D eigenvalue weighted by atomic mass is 32.2. The van der Waals surface area contributed by atoms with Crippen LogP contribution in [0.15, 0.2) is 29.2 Å². The van der Waals surface area contributed by atoms with Crippen molar-refractivity contribution >= 4 is 11.8 Å². The van der Waals surface area contributed by atoms with Gasteiger partial charge in [-0.25, -0.2) is 4.39 Å². The van der Waals surface area contributed by atoms with Crippen LogP contribution in [-0.2, 0) is 0 Å². The molecule has 0 nitrogen and oxygen atoms in total. The van der Waals surface area contributed by atoms with Crippen LogP contribution in [0, 0.1) is 12.7 Å². The monoisotopic (exact) mass is 169 g/mol. The van der Waals surface area contributed by atoms with E-state index in [9.17, 15) is 4.39 Å². The van der Waals surface area contributed by atoms with Crippen molar-refractivity contribution in [1.82, 2.24) is 0 Å².